The Balaban J connectivity index is 2.14. The zero-order valence-electron chi connectivity index (χ0n) is 11.5. The van der Waals surface area contributed by atoms with Crippen LogP contribution in [-0.2, 0) is 9.47 Å². The molecule has 0 unspecified atom stereocenters. The minimum atomic E-state index is -0.639. The van der Waals surface area contributed by atoms with Gasteiger partial charge in [0.05, 0.1) is 30.9 Å². The van der Waals surface area contributed by atoms with Gasteiger partial charge >= 0.3 is 0 Å². The average Bonchev–Trinajstić information content (AvgIpc) is 2.89. The van der Waals surface area contributed by atoms with Gasteiger partial charge in [-0.3, -0.25) is 4.90 Å². The molecule has 0 bridgehead atoms. The number of ether oxygens (including phenoxy) is 2. The van der Waals surface area contributed by atoms with E-state index in [-0.39, 0.29) is 24.2 Å². The Morgan fingerprint density at radius 3 is 2.74 bits per heavy atom. The van der Waals surface area contributed by atoms with Gasteiger partial charge in [0.2, 0.25) is 0 Å². The molecule has 7 nitrogen and oxygen atoms in total. The summed E-state index contributed by atoms with van der Waals surface area (Å²) in [6.07, 6.45) is 1.38. The second kappa shape index (κ2) is 5.35. The van der Waals surface area contributed by atoms with Gasteiger partial charge in [-0.25, -0.2) is 0 Å². The molecule has 0 aromatic carbocycles. The van der Waals surface area contributed by atoms with Crippen molar-refractivity contribution in [2.24, 2.45) is 5.11 Å². The smallest absolute Gasteiger partial charge is 0.163 e. The molecule has 0 spiro atoms. The third kappa shape index (κ3) is 2.82. The van der Waals surface area contributed by atoms with Gasteiger partial charge in [0, 0.05) is 11.0 Å². The van der Waals surface area contributed by atoms with Gasteiger partial charge in [-0.15, -0.1) is 0 Å². The summed E-state index contributed by atoms with van der Waals surface area (Å²) in [6.45, 7) is 4.10. The van der Waals surface area contributed by atoms with Gasteiger partial charge in [0.15, 0.2) is 5.79 Å². The Bertz CT molecular complexity index is 426. The Morgan fingerprint density at radius 1 is 1.53 bits per heavy atom. The van der Waals surface area contributed by atoms with E-state index in [0.29, 0.717) is 6.61 Å². The summed E-state index contributed by atoms with van der Waals surface area (Å²) in [5.41, 5.74) is 8.78. The maximum atomic E-state index is 9.06. The fourth-order valence-corrected chi connectivity index (χ4v) is 2.88. The van der Waals surface area contributed by atoms with E-state index in [1.165, 1.54) is 0 Å². The molecular weight excluding hydrogens is 246 g/mol. The van der Waals surface area contributed by atoms with Crippen LogP contribution in [0.4, 0.5) is 0 Å². The molecule has 0 N–H and O–H groups in total. The molecule has 2 fully saturated rings. The molecule has 0 radical (unpaired) electrons. The van der Waals surface area contributed by atoms with Crippen molar-refractivity contribution in [3.63, 3.8) is 0 Å². The molecule has 7 heteroatoms. The lowest BCUT2D eigenvalue weighted by atomic mass is 10.0. The third-order valence-corrected chi connectivity index (χ3v) is 3.89. The van der Waals surface area contributed by atoms with Crippen LogP contribution in [0, 0.1) is 11.3 Å². The van der Waals surface area contributed by atoms with Crippen LogP contribution in [0.3, 0.4) is 0 Å². The van der Waals surface area contributed by atoms with Crippen LogP contribution in [0.5, 0.6) is 0 Å². The van der Waals surface area contributed by atoms with Crippen molar-refractivity contribution in [3.8, 4) is 6.07 Å². The molecule has 2 saturated heterocycles. The van der Waals surface area contributed by atoms with Crippen LogP contribution in [0.25, 0.3) is 10.4 Å². The molecule has 4 atom stereocenters. The number of nitriles is 1. The predicted octanol–water partition coefficient (Wildman–Crippen LogP) is 1.80. The summed E-state index contributed by atoms with van der Waals surface area (Å²) in [6, 6.07) is 1.86. The lowest BCUT2D eigenvalue weighted by molar-refractivity contribution is -0.142. The molecular formula is C12H19N5O2. The number of hydrogen-bond donors (Lipinski definition) is 0. The number of hydrogen-bond acceptors (Lipinski definition) is 5. The fourth-order valence-electron chi connectivity index (χ4n) is 2.88. The van der Waals surface area contributed by atoms with Gasteiger partial charge < -0.3 is 9.47 Å². The van der Waals surface area contributed by atoms with E-state index in [9.17, 15) is 0 Å². The molecule has 0 saturated carbocycles. The van der Waals surface area contributed by atoms with Crippen molar-refractivity contribution in [3.05, 3.63) is 10.4 Å². The zero-order chi connectivity index (χ0) is 14.0. The quantitative estimate of drug-likeness (QED) is 0.441. The standard InChI is InChI=1S/C12H19N5O2/c1-12(2)18-7-10(19-12)11(15-16-14)9-5-4-8(6-13)17(9)3/h8-11H,4-5,7H2,1-3H3/t8-,9-,10-,11-/m1/s1. The van der Waals surface area contributed by atoms with Crippen LogP contribution in [0.2, 0.25) is 0 Å². The summed E-state index contributed by atoms with van der Waals surface area (Å²) in [7, 11) is 1.90. The minimum Gasteiger partial charge on any atom is -0.348 e. The largest absolute Gasteiger partial charge is 0.348 e. The predicted molar refractivity (Wildman–Crippen MR) is 68.0 cm³/mol. The molecule has 2 aliphatic heterocycles. The average molecular weight is 265 g/mol. The van der Waals surface area contributed by atoms with Crippen molar-refractivity contribution < 1.29 is 9.47 Å². The van der Waals surface area contributed by atoms with E-state index < -0.39 is 5.79 Å². The van der Waals surface area contributed by atoms with E-state index in [1.54, 1.807) is 0 Å². The second-order valence-corrected chi connectivity index (χ2v) is 5.52. The lowest BCUT2D eigenvalue weighted by Crippen LogP contribution is -2.45. The summed E-state index contributed by atoms with van der Waals surface area (Å²) in [5, 5.41) is 13.0. The highest BCUT2D eigenvalue weighted by molar-refractivity contribution is 5.04. The van der Waals surface area contributed by atoms with E-state index in [2.05, 4.69) is 16.1 Å². The maximum Gasteiger partial charge on any atom is 0.163 e. The molecule has 2 rings (SSSR count). The molecule has 2 aliphatic rings. The van der Waals surface area contributed by atoms with Gasteiger partial charge in [-0.2, -0.15) is 5.26 Å². The first-order valence-corrected chi connectivity index (χ1v) is 6.46. The number of azide groups is 1. The van der Waals surface area contributed by atoms with Gasteiger partial charge in [-0.1, -0.05) is 5.11 Å². The highest BCUT2D eigenvalue weighted by atomic mass is 16.7. The summed E-state index contributed by atoms with van der Waals surface area (Å²) < 4.78 is 11.3. The van der Waals surface area contributed by atoms with Crippen LogP contribution in [0.1, 0.15) is 26.7 Å². The summed E-state index contributed by atoms with van der Waals surface area (Å²) in [4.78, 5) is 4.92. The number of nitrogens with zero attached hydrogens (tertiary/aromatic N) is 5. The normalized spacial score (nSPS) is 35.6. The summed E-state index contributed by atoms with van der Waals surface area (Å²) >= 11 is 0. The molecule has 0 aromatic rings. The zero-order valence-corrected chi connectivity index (χ0v) is 11.5. The van der Waals surface area contributed by atoms with Crippen LogP contribution in [0.15, 0.2) is 5.11 Å². The van der Waals surface area contributed by atoms with Gasteiger partial charge in [0.1, 0.15) is 0 Å². The third-order valence-electron chi connectivity index (χ3n) is 3.89. The maximum absolute atomic E-state index is 9.06. The van der Waals surface area contributed by atoms with Gasteiger partial charge in [0.25, 0.3) is 0 Å². The molecule has 104 valence electrons. The Hall–Kier alpha value is -1.32. The first-order valence-electron chi connectivity index (χ1n) is 6.46. The first kappa shape index (κ1) is 14.1. The Morgan fingerprint density at radius 2 is 2.26 bits per heavy atom. The van der Waals surface area contributed by atoms with Gasteiger partial charge in [-0.05, 0) is 39.3 Å². The highest BCUT2D eigenvalue weighted by Gasteiger charge is 2.44. The topological polar surface area (TPSA) is 94.2 Å². The molecule has 2 heterocycles. The van der Waals surface area contributed by atoms with E-state index >= 15 is 0 Å². The minimum absolute atomic E-state index is 0.0306. The number of rotatable bonds is 3. The molecule has 0 aliphatic carbocycles. The fraction of sp³-hybridized carbons (Fsp3) is 0.917. The second-order valence-electron chi connectivity index (χ2n) is 5.52. The Labute approximate surface area is 112 Å². The SMILES string of the molecule is CN1[C@@H]([C@@H](N=[N+]=[N-])[C@H]2COC(C)(C)O2)CC[C@@H]1C#N. The van der Waals surface area contributed by atoms with Crippen LogP contribution >= 0.6 is 0 Å². The van der Waals surface area contributed by atoms with Crippen molar-refractivity contribution in [1.82, 2.24) is 4.90 Å². The van der Waals surface area contributed by atoms with Crippen molar-refractivity contribution in [2.45, 2.75) is 56.7 Å². The first-order chi connectivity index (χ1) is 8.98. The van der Waals surface area contributed by atoms with Crippen LogP contribution in [-0.4, -0.2) is 48.6 Å². The van der Waals surface area contributed by atoms with Crippen molar-refractivity contribution in [2.75, 3.05) is 13.7 Å². The molecule has 0 amide bonds. The monoisotopic (exact) mass is 265 g/mol. The number of likely N-dealkylation sites (N-methyl/N-ethyl adjacent to an activating group) is 1. The molecule has 19 heavy (non-hydrogen) atoms. The van der Waals surface area contributed by atoms with Crippen molar-refractivity contribution in [1.29, 1.82) is 5.26 Å². The lowest BCUT2D eigenvalue weighted by Gasteiger charge is -2.30. The van der Waals surface area contributed by atoms with E-state index in [4.69, 9.17) is 20.3 Å². The van der Waals surface area contributed by atoms with Crippen molar-refractivity contribution >= 4 is 0 Å². The number of likely N-dealkylation sites (tertiary alicyclic amines) is 1. The van der Waals surface area contributed by atoms with Crippen LogP contribution < -0.4 is 0 Å². The Kier molecular flexibility index (Phi) is 3.97. The summed E-state index contributed by atoms with van der Waals surface area (Å²) in [5.74, 6) is -0.639. The highest BCUT2D eigenvalue weighted by Crippen LogP contribution is 2.32. The van der Waals surface area contributed by atoms with E-state index in [0.717, 1.165) is 12.8 Å². The van der Waals surface area contributed by atoms with E-state index in [1.807, 2.05) is 25.8 Å². The molecule has 0 aromatic heterocycles.